The van der Waals surface area contributed by atoms with Crippen molar-refractivity contribution in [1.82, 2.24) is 5.48 Å². The Morgan fingerprint density at radius 3 is 2.65 bits per heavy atom. The summed E-state index contributed by atoms with van der Waals surface area (Å²) in [6.45, 7) is 1.68. The average molecular weight is 541 g/mol. The van der Waals surface area contributed by atoms with E-state index < -0.39 is 23.6 Å². The van der Waals surface area contributed by atoms with Gasteiger partial charge in [0.1, 0.15) is 18.2 Å². The van der Waals surface area contributed by atoms with E-state index in [0.29, 0.717) is 9.99 Å². The van der Waals surface area contributed by atoms with E-state index in [1.54, 1.807) is 13.0 Å². The van der Waals surface area contributed by atoms with Gasteiger partial charge in [0.05, 0.1) is 27.5 Å². The molecule has 2 aromatic carbocycles. The smallest absolute Gasteiger partial charge is 0.276 e. The number of anilines is 2. The number of halogens is 4. The van der Waals surface area contributed by atoms with Crippen molar-refractivity contribution < 1.29 is 23.5 Å². The van der Waals surface area contributed by atoms with Crippen molar-refractivity contribution in [3.05, 3.63) is 55.6 Å². The second-order valence-corrected chi connectivity index (χ2v) is 7.47. The van der Waals surface area contributed by atoms with Crippen LogP contribution in [0.25, 0.3) is 0 Å². The van der Waals surface area contributed by atoms with Gasteiger partial charge >= 0.3 is 0 Å². The van der Waals surface area contributed by atoms with Gasteiger partial charge in [-0.2, -0.15) is 0 Å². The first-order chi connectivity index (χ1) is 12.3. The van der Waals surface area contributed by atoms with Crippen LogP contribution in [0.3, 0.4) is 0 Å². The van der Waals surface area contributed by atoms with Crippen LogP contribution in [0.2, 0.25) is 0 Å². The van der Waals surface area contributed by atoms with Gasteiger partial charge in [0, 0.05) is 3.57 Å². The summed E-state index contributed by atoms with van der Waals surface area (Å²) in [6, 6.07) is 6.82. The Balaban J connectivity index is 2.25. The number of hydrogen-bond acceptors (Lipinski definition) is 4. The number of carbonyl (C=O) groups is 1. The lowest BCUT2D eigenvalue weighted by Gasteiger charge is -2.15. The Kier molecular flexibility index (Phi) is 7.74. The summed E-state index contributed by atoms with van der Waals surface area (Å²) in [5, 5.41) is 12.2. The highest BCUT2D eigenvalue weighted by Crippen LogP contribution is 2.29. The Morgan fingerprint density at radius 1 is 1.27 bits per heavy atom. The lowest BCUT2D eigenvalue weighted by atomic mass is 10.1. The van der Waals surface area contributed by atoms with Crippen LogP contribution in [0.5, 0.6) is 0 Å². The molecule has 2 rings (SSSR count). The van der Waals surface area contributed by atoms with E-state index in [-0.39, 0.29) is 28.0 Å². The first-order valence-electron chi connectivity index (χ1n) is 7.63. The van der Waals surface area contributed by atoms with Crippen LogP contribution < -0.4 is 10.8 Å². The van der Waals surface area contributed by atoms with Crippen LogP contribution in [-0.2, 0) is 4.84 Å². The molecule has 2 aromatic rings. The highest BCUT2D eigenvalue weighted by Gasteiger charge is 2.17. The zero-order chi connectivity index (χ0) is 19.3. The zero-order valence-electron chi connectivity index (χ0n) is 13.7. The third kappa shape index (κ3) is 5.60. The van der Waals surface area contributed by atoms with Crippen LogP contribution >= 0.6 is 38.5 Å². The molecule has 1 unspecified atom stereocenters. The van der Waals surface area contributed by atoms with Gasteiger partial charge in [-0.25, -0.2) is 14.3 Å². The topological polar surface area (TPSA) is 70.6 Å². The summed E-state index contributed by atoms with van der Waals surface area (Å²) in [5.74, 6) is -1.81. The summed E-state index contributed by atoms with van der Waals surface area (Å²) >= 11 is 4.99. The molecule has 0 bridgehead atoms. The largest absolute Gasteiger partial charge is 0.391 e. The number of nitrogens with one attached hydrogen (secondary N) is 2. The van der Waals surface area contributed by atoms with Crippen LogP contribution in [0.1, 0.15) is 23.7 Å². The number of aliphatic hydroxyl groups excluding tert-OH is 1. The van der Waals surface area contributed by atoms with E-state index in [0.717, 1.165) is 6.07 Å². The third-order valence-electron chi connectivity index (χ3n) is 3.42. The molecule has 0 aliphatic rings. The molecule has 0 aliphatic heterocycles. The highest BCUT2D eigenvalue weighted by atomic mass is 127. The molecule has 0 saturated carbocycles. The number of hydroxylamine groups is 1. The third-order valence-corrected chi connectivity index (χ3v) is 4.70. The number of carbonyl (C=O) groups excluding carboxylic acids is 1. The van der Waals surface area contributed by atoms with E-state index in [1.807, 2.05) is 22.6 Å². The molecule has 140 valence electrons. The first-order valence-corrected chi connectivity index (χ1v) is 9.50. The molecule has 3 N–H and O–H groups in total. The fourth-order valence-corrected chi connectivity index (χ4v) is 2.75. The number of amides is 1. The zero-order valence-corrected chi connectivity index (χ0v) is 17.4. The highest BCUT2D eigenvalue weighted by molar-refractivity contribution is 14.1. The molecular weight excluding hydrogens is 525 g/mol. The van der Waals surface area contributed by atoms with E-state index in [2.05, 4.69) is 26.7 Å². The minimum atomic E-state index is -0.714. The molecule has 1 amide bonds. The predicted molar refractivity (Wildman–Crippen MR) is 106 cm³/mol. The number of aliphatic hydroxyl groups is 1. The summed E-state index contributed by atoms with van der Waals surface area (Å²) in [7, 11) is 0. The molecule has 0 fully saturated rings. The Morgan fingerprint density at radius 2 is 2.00 bits per heavy atom. The molecular formula is C17H16BrF2IN2O3. The van der Waals surface area contributed by atoms with Crippen molar-refractivity contribution in [3.63, 3.8) is 0 Å². The molecule has 26 heavy (non-hydrogen) atoms. The maximum Gasteiger partial charge on any atom is 0.276 e. The van der Waals surface area contributed by atoms with Gasteiger partial charge in [-0.05, 0) is 75.3 Å². The lowest BCUT2D eigenvalue weighted by Crippen LogP contribution is -2.28. The molecule has 0 saturated heterocycles. The van der Waals surface area contributed by atoms with Crippen molar-refractivity contribution in [1.29, 1.82) is 0 Å². The lowest BCUT2D eigenvalue weighted by molar-refractivity contribution is -0.0133. The van der Waals surface area contributed by atoms with Gasteiger partial charge in [-0.15, -0.1) is 0 Å². The minimum absolute atomic E-state index is 0.0437. The molecule has 0 spiro atoms. The maximum absolute atomic E-state index is 14.1. The van der Waals surface area contributed by atoms with Crippen LogP contribution in [-0.4, -0.2) is 23.7 Å². The average Bonchev–Trinajstić information content (AvgIpc) is 2.59. The van der Waals surface area contributed by atoms with Gasteiger partial charge in [-0.3, -0.25) is 9.63 Å². The van der Waals surface area contributed by atoms with Gasteiger partial charge in [0.2, 0.25) is 0 Å². The normalized spacial score (nSPS) is 11.9. The Bertz CT molecular complexity index is 808. The second kappa shape index (κ2) is 9.58. The van der Waals surface area contributed by atoms with Crippen molar-refractivity contribution in [2.45, 2.75) is 19.4 Å². The van der Waals surface area contributed by atoms with Crippen molar-refractivity contribution in [3.8, 4) is 0 Å². The van der Waals surface area contributed by atoms with Gasteiger partial charge in [0.15, 0.2) is 0 Å². The monoisotopic (exact) mass is 540 g/mol. The fraction of sp³-hybridized carbons (Fsp3) is 0.235. The SMILES string of the molecule is CCC(O)CONC(=O)c1cc(Br)c(F)cc1Nc1ccc(I)cc1F. The molecule has 0 heterocycles. The maximum atomic E-state index is 14.1. The molecule has 0 aliphatic carbocycles. The number of rotatable bonds is 7. The quantitative estimate of drug-likeness (QED) is 0.357. The molecule has 0 aromatic heterocycles. The van der Waals surface area contributed by atoms with Gasteiger partial charge in [0.25, 0.3) is 5.91 Å². The van der Waals surface area contributed by atoms with E-state index in [1.165, 1.54) is 18.2 Å². The molecule has 9 heteroatoms. The van der Waals surface area contributed by atoms with Crippen molar-refractivity contribution in [2.75, 3.05) is 11.9 Å². The molecule has 0 radical (unpaired) electrons. The van der Waals surface area contributed by atoms with E-state index in [9.17, 15) is 18.7 Å². The summed E-state index contributed by atoms with van der Waals surface area (Å²) < 4.78 is 28.7. The second-order valence-electron chi connectivity index (χ2n) is 5.37. The van der Waals surface area contributed by atoms with Crippen molar-refractivity contribution >= 4 is 55.8 Å². The Labute approximate surface area is 171 Å². The van der Waals surface area contributed by atoms with Gasteiger partial charge in [-0.1, -0.05) is 6.92 Å². The van der Waals surface area contributed by atoms with Crippen molar-refractivity contribution in [2.24, 2.45) is 0 Å². The van der Waals surface area contributed by atoms with Crippen LogP contribution in [0, 0.1) is 15.2 Å². The van der Waals surface area contributed by atoms with E-state index in [4.69, 9.17) is 4.84 Å². The number of hydrogen-bond donors (Lipinski definition) is 3. The Hall–Kier alpha value is -1.30. The van der Waals surface area contributed by atoms with E-state index >= 15 is 0 Å². The van der Waals surface area contributed by atoms with Crippen LogP contribution in [0.4, 0.5) is 20.2 Å². The summed E-state index contributed by atoms with van der Waals surface area (Å²) in [5.41, 5.74) is 2.40. The summed E-state index contributed by atoms with van der Waals surface area (Å²) in [6.07, 6.45) is -0.245. The van der Waals surface area contributed by atoms with Crippen LogP contribution in [0.15, 0.2) is 34.8 Å². The fourth-order valence-electron chi connectivity index (χ4n) is 1.95. The summed E-state index contributed by atoms with van der Waals surface area (Å²) in [4.78, 5) is 17.3. The molecule has 1 atom stereocenters. The predicted octanol–water partition coefficient (Wildman–Crippen LogP) is 4.51. The first kappa shape index (κ1) is 21.0. The standard InChI is InChI=1S/C17H16BrF2IN2O3/c1-2-10(24)8-26-23-17(25)11-6-12(18)13(19)7-16(11)22-15-4-3-9(21)5-14(15)20/h3-7,10,22,24H,2,8H2,1H3,(H,23,25). The molecule has 5 nitrogen and oxygen atoms in total. The number of benzene rings is 2. The minimum Gasteiger partial charge on any atom is -0.391 e. The van der Waals surface area contributed by atoms with Gasteiger partial charge < -0.3 is 10.4 Å².